The molecule has 8 aromatic rings. The van der Waals surface area contributed by atoms with Crippen LogP contribution in [0.4, 0.5) is 4.39 Å². The number of benzene rings is 6. The summed E-state index contributed by atoms with van der Waals surface area (Å²) in [6, 6.07) is 42.6. The van der Waals surface area contributed by atoms with Crippen molar-refractivity contribution in [3.05, 3.63) is 143 Å². The first-order chi connectivity index (χ1) is 24.4. The Kier molecular flexibility index (Phi) is 7.19. The molecular weight excluding hydrogens is 628 g/mol. The quantitative estimate of drug-likeness (QED) is 0.189. The van der Waals surface area contributed by atoms with Gasteiger partial charge in [0.15, 0.2) is 0 Å². The van der Waals surface area contributed by atoms with Crippen LogP contribution in [-0.2, 0) is 10.8 Å². The van der Waals surface area contributed by atoms with Gasteiger partial charge in [-0.15, -0.1) is 0 Å². The second kappa shape index (κ2) is 11.4. The molecule has 0 radical (unpaired) electrons. The number of hydrogen-bond donors (Lipinski definition) is 0. The van der Waals surface area contributed by atoms with Crippen molar-refractivity contribution in [2.75, 3.05) is 0 Å². The number of rotatable bonds is 3. The SMILES string of the molecule is CC(C)(C)c1ccc2c3ccccc3n(-c3cc(C#N)cc(-n4c5ccccc5c5ccc(C(C)(C)C)cc54)c3-c3ccc(C#N)cc3F)c2c1. The average molecular weight is 665 g/mol. The highest BCUT2D eigenvalue weighted by atomic mass is 19.1. The zero-order valence-electron chi connectivity index (χ0n) is 29.6. The third-order valence-corrected chi connectivity index (χ3v) is 10.2. The predicted octanol–water partition coefficient (Wildman–Crippen LogP) is 12.0. The average Bonchev–Trinajstić information content (AvgIpc) is 3.62. The summed E-state index contributed by atoms with van der Waals surface area (Å²) in [4.78, 5) is 0. The summed E-state index contributed by atoms with van der Waals surface area (Å²) in [7, 11) is 0. The number of hydrogen-bond acceptors (Lipinski definition) is 2. The summed E-state index contributed by atoms with van der Waals surface area (Å²) in [6.45, 7) is 13.2. The van der Waals surface area contributed by atoms with Gasteiger partial charge in [0.1, 0.15) is 5.82 Å². The van der Waals surface area contributed by atoms with Crippen molar-refractivity contribution in [2.24, 2.45) is 0 Å². The topological polar surface area (TPSA) is 57.4 Å². The molecule has 0 aliphatic heterocycles. The Bertz CT molecular complexity index is 2650. The van der Waals surface area contributed by atoms with Crippen LogP contribution in [0.5, 0.6) is 0 Å². The van der Waals surface area contributed by atoms with Crippen LogP contribution in [0.3, 0.4) is 0 Å². The van der Waals surface area contributed by atoms with E-state index in [1.54, 1.807) is 12.1 Å². The molecule has 0 amide bonds. The zero-order valence-corrected chi connectivity index (χ0v) is 29.6. The van der Waals surface area contributed by atoms with Crippen LogP contribution < -0.4 is 0 Å². The lowest BCUT2D eigenvalue weighted by atomic mass is 9.86. The minimum absolute atomic E-state index is 0.120. The van der Waals surface area contributed by atoms with Crippen molar-refractivity contribution in [2.45, 2.75) is 52.4 Å². The van der Waals surface area contributed by atoms with Gasteiger partial charge in [0, 0.05) is 32.7 Å². The molecule has 8 rings (SSSR count). The first kappa shape index (κ1) is 32.1. The smallest absolute Gasteiger partial charge is 0.132 e. The molecule has 248 valence electrons. The molecule has 51 heavy (non-hydrogen) atoms. The van der Waals surface area contributed by atoms with Crippen molar-refractivity contribution in [1.82, 2.24) is 9.13 Å². The largest absolute Gasteiger partial charge is 0.308 e. The Hall–Kier alpha value is -6.17. The second-order valence-corrected chi connectivity index (χ2v) is 15.5. The molecule has 0 spiro atoms. The van der Waals surface area contributed by atoms with Crippen molar-refractivity contribution < 1.29 is 4.39 Å². The molecule has 0 aliphatic carbocycles. The third kappa shape index (κ3) is 5.08. The Morgan fingerprint density at radius 1 is 0.490 bits per heavy atom. The Balaban J connectivity index is 1.61. The molecule has 0 saturated heterocycles. The van der Waals surface area contributed by atoms with Crippen LogP contribution >= 0.6 is 0 Å². The van der Waals surface area contributed by atoms with Crippen molar-refractivity contribution in [3.8, 4) is 34.6 Å². The molecule has 0 saturated carbocycles. The molecule has 0 bridgehead atoms. The standard InChI is InChI=1S/C46H37FN4/c1-45(2,3)30-16-19-34-32-11-7-9-13-38(32)50(40(34)24-30)42-22-29(27-49)23-43(44(42)36-18-15-28(26-48)21-37(36)47)51-39-14-10-8-12-33(39)35-20-17-31(25-41(35)51)46(4,5)6/h7-25H,1-6H3. The van der Waals surface area contributed by atoms with E-state index in [0.29, 0.717) is 28.1 Å². The monoisotopic (exact) mass is 664 g/mol. The molecule has 6 aromatic carbocycles. The maximum atomic E-state index is 16.6. The normalized spacial score (nSPS) is 12.2. The predicted molar refractivity (Wildman–Crippen MR) is 207 cm³/mol. The first-order valence-corrected chi connectivity index (χ1v) is 17.3. The van der Waals surface area contributed by atoms with E-state index < -0.39 is 5.82 Å². The number of nitriles is 2. The second-order valence-electron chi connectivity index (χ2n) is 15.5. The molecule has 0 atom stereocenters. The summed E-state index contributed by atoms with van der Waals surface area (Å²) in [5.74, 6) is -0.506. The number of halogens is 1. The van der Waals surface area contributed by atoms with Gasteiger partial charge in [0.25, 0.3) is 0 Å². The molecule has 0 fully saturated rings. The van der Waals surface area contributed by atoms with Crippen LogP contribution in [0.15, 0.2) is 115 Å². The highest BCUT2D eigenvalue weighted by Crippen LogP contribution is 2.44. The molecular formula is C46H37FN4. The molecule has 0 N–H and O–H groups in total. The van der Waals surface area contributed by atoms with Crippen molar-refractivity contribution >= 4 is 43.6 Å². The molecule has 4 nitrogen and oxygen atoms in total. The number of aromatic nitrogens is 2. The van der Waals surface area contributed by atoms with Crippen LogP contribution in [-0.4, -0.2) is 9.13 Å². The highest BCUT2D eigenvalue weighted by molar-refractivity contribution is 6.12. The maximum absolute atomic E-state index is 16.6. The molecule has 0 aliphatic rings. The van der Waals surface area contributed by atoms with Gasteiger partial charge in [-0.3, -0.25) is 0 Å². The van der Waals surface area contributed by atoms with Crippen molar-refractivity contribution in [3.63, 3.8) is 0 Å². The summed E-state index contributed by atoms with van der Waals surface area (Å²) in [5, 5.41) is 24.6. The molecule has 2 aromatic heterocycles. The van der Waals surface area contributed by atoms with E-state index in [-0.39, 0.29) is 16.4 Å². The van der Waals surface area contributed by atoms with E-state index in [4.69, 9.17) is 0 Å². The summed E-state index contributed by atoms with van der Waals surface area (Å²) in [5.41, 5.74) is 8.97. The van der Waals surface area contributed by atoms with Gasteiger partial charge in [-0.25, -0.2) is 4.39 Å². The fraction of sp³-hybridized carbons (Fsp3) is 0.174. The van der Waals surface area contributed by atoms with E-state index in [9.17, 15) is 10.5 Å². The minimum atomic E-state index is -0.506. The van der Waals surface area contributed by atoms with Crippen LogP contribution in [0, 0.1) is 28.5 Å². The highest BCUT2D eigenvalue weighted by Gasteiger charge is 2.26. The summed E-state index contributed by atoms with van der Waals surface area (Å²) in [6.07, 6.45) is 0. The number of fused-ring (bicyclic) bond motifs is 6. The van der Waals surface area contributed by atoms with Gasteiger partial charge in [0.2, 0.25) is 0 Å². The molecule has 0 unspecified atom stereocenters. The zero-order chi connectivity index (χ0) is 35.8. The Morgan fingerprint density at radius 3 is 1.37 bits per heavy atom. The van der Waals surface area contributed by atoms with Gasteiger partial charge in [-0.05, 0) is 76.6 Å². The molecule has 5 heteroatoms. The fourth-order valence-corrected chi connectivity index (χ4v) is 7.49. The van der Waals surface area contributed by atoms with Gasteiger partial charge >= 0.3 is 0 Å². The molecule has 2 heterocycles. The van der Waals surface area contributed by atoms with E-state index >= 15 is 4.39 Å². The number of para-hydroxylation sites is 2. The number of nitrogens with zero attached hydrogens (tertiary/aromatic N) is 4. The van der Waals surface area contributed by atoms with E-state index in [2.05, 4.69) is 123 Å². The summed E-state index contributed by atoms with van der Waals surface area (Å²) >= 11 is 0. The van der Waals surface area contributed by atoms with E-state index in [1.807, 2.05) is 36.4 Å². The maximum Gasteiger partial charge on any atom is 0.132 e. The van der Waals surface area contributed by atoms with Crippen LogP contribution in [0.2, 0.25) is 0 Å². The third-order valence-electron chi connectivity index (χ3n) is 10.2. The van der Waals surface area contributed by atoms with E-state index in [1.165, 1.54) is 17.2 Å². The Morgan fingerprint density at radius 2 is 0.941 bits per heavy atom. The lowest BCUT2D eigenvalue weighted by molar-refractivity contribution is 0.590. The van der Waals surface area contributed by atoms with Crippen LogP contribution in [0.1, 0.15) is 63.8 Å². The van der Waals surface area contributed by atoms with Gasteiger partial charge in [0.05, 0.1) is 56.7 Å². The first-order valence-electron chi connectivity index (χ1n) is 17.3. The lowest BCUT2D eigenvalue weighted by Crippen LogP contribution is -2.11. The Labute approximate surface area is 297 Å². The summed E-state index contributed by atoms with van der Waals surface area (Å²) < 4.78 is 21.0. The van der Waals surface area contributed by atoms with E-state index in [0.717, 1.165) is 43.6 Å². The minimum Gasteiger partial charge on any atom is -0.308 e. The van der Waals surface area contributed by atoms with Gasteiger partial charge in [-0.2, -0.15) is 10.5 Å². The lowest BCUT2D eigenvalue weighted by Gasteiger charge is -2.23. The van der Waals surface area contributed by atoms with Gasteiger partial charge in [-0.1, -0.05) is 102 Å². The fourth-order valence-electron chi connectivity index (χ4n) is 7.49. The van der Waals surface area contributed by atoms with Gasteiger partial charge < -0.3 is 9.13 Å². The van der Waals surface area contributed by atoms with Crippen LogP contribution in [0.25, 0.3) is 66.1 Å². The van der Waals surface area contributed by atoms with Crippen molar-refractivity contribution in [1.29, 1.82) is 10.5 Å².